The van der Waals surface area contributed by atoms with Crippen molar-refractivity contribution in [2.75, 3.05) is 5.75 Å². The van der Waals surface area contributed by atoms with E-state index in [1.54, 1.807) is 20.8 Å². The van der Waals surface area contributed by atoms with E-state index in [0.29, 0.717) is 0 Å². The fourth-order valence-electron chi connectivity index (χ4n) is 2.49. The number of aliphatic carboxylic acids is 1. The number of nitrogens with one attached hydrogen (secondary N) is 1. The van der Waals surface area contributed by atoms with Gasteiger partial charge in [0.25, 0.3) is 0 Å². The summed E-state index contributed by atoms with van der Waals surface area (Å²) < 4.78 is 26.5. The molecule has 19 heavy (non-hydrogen) atoms. The lowest BCUT2D eigenvalue weighted by molar-refractivity contribution is -0.141. The second-order valence-corrected chi connectivity index (χ2v) is 8.34. The summed E-state index contributed by atoms with van der Waals surface area (Å²) in [6, 6.07) is -1.08. The van der Waals surface area contributed by atoms with Gasteiger partial charge in [0.05, 0.1) is 5.75 Å². The molecule has 1 aliphatic rings. The predicted octanol–water partition coefficient (Wildman–Crippen LogP) is 1.99. The molecule has 0 aromatic heterocycles. The third-order valence-corrected chi connectivity index (χ3v) is 5.10. The zero-order valence-electron chi connectivity index (χ0n) is 12.0. The third kappa shape index (κ3) is 5.48. The van der Waals surface area contributed by atoms with Crippen LogP contribution in [0.3, 0.4) is 0 Å². The maximum atomic E-state index is 12.1. The normalized spacial score (nSPS) is 20.2. The molecule has 2 N–H and O–H groups in total. The number of carbonyl (C=O) groups is 1. The lowest BCUT2D eigenvalue weighted by Gasteiger charge is -2.29. The van der Waals surface area contributed by atoms with Gasteiger partial charge in [-0.05, 0) is 24.2 Å². The molecule has 0 spiro atoms. The molecule has 112 valence electrons. The van der Waals surface area contributed by atoms with E-state index in [9.17, 15) is 13.2 Å². The molecule has 0 bridgehead atoms. The van der Waals surface area contributed by atoms with Gasteiger partial charge in [-0.15, -0.1) is 0 Å². The zero-order chi connectivity index (χ0) is 14.7. The van der Waals surface area contributed by atoms with E-state index in [1.807, 2.05) is 0 Å². The minimum absolute atomic E-state index is 0.0485. The Balaban J connectivity index is 2.68. The first-order chi connectivity index (χ1) is 8.62. The van der Waals surface area contributed by atoms with E-state index in [4.69, 9.17) is 5.11 Å². The van der Waals surface area contributed by atoms with Crippen LogP contribution in [0.4, 0.5) is 0 Å². The van der Waals surface area contributed by atoms with Gasteiger partial charge in [-0.25, -0.2) is 13.1 Å². The Labute approximate surface area is 115 Å². The van der Waals surface area contributed by atoms with Crippen molar-refractivity contribution in [2.45, 2.75) is 58.9 Å². The summed E-state index contributed by atoms with van der Waals surface area (Å²) in [7, 11) is -3.54. The van der Waals surface area contributed by atoms with Crippen molar-refractivity contribution in [3.05, 3.63) is 0 Å². The largest absolute Gasteiger partial charge is 0.480 e. The minimum atomic E-state index is -3.54. The number of carboxylic acids is 1. The number of sulfonamides is 1. The molecule has 1 atom stereocenters. The van der Waals surface area contributed by atoms with Crippen molar-refractivity contribution < 1.29 is 18.3 Å². The zero-order valence-corrected chi connectivity index (χ0v) is 12.8. The lowest BCUT2D eigenvalue weighted by atomic mass is 9.88. The van der Waals surface area contributed by atoms with Crippen LogP contribution in [0.15, 0.2) is 0 Å². The van der Waals surface area contributed by atoms with Gasteiger partial charge < -0.3 is 5.11 Å². The van der Waals surface area contributed by atoms with Gasteiger partial charge in [0, 0.05) is 0 Å². The van der Waals surface area contributed by atoms with Crippen molar-refractivity contribution in [1.29, 1.82) is 0 Å². The fraction of sp³-hybridized carbons (Fsp3) is 0.923. The molecule has 0 aliphatic heterocycles. The second-order valence-electron chi connectivity index (χ2n) is 6.54. The van der Waals surface area contributed by atoms with E-state index >= 15 is 0 Å². The Morgan fingerprint density at radius 3 is 2.21 bits per heavy atom. The highest BCUT2D eigenvalue weighted by Crippen LogP contribution is 2.26. The van der Waals surface area contributed by atoms with Crippen molar-refractivity contribution in [3.8, 4) is 0 Å². The summed E-state index contributed by atoms with van der Waals surface area (Å²) in [5.74, 6) is -0.910. The molecular weight excluding hydrogens is 266 g/mol. The maximum Gasteiger partial charge on any atom is 0.322 e. The first-order valence-electron chi connectivity index (χ1n) is 6.84. The highest BCUT2D eigenvalue weighted by molar-refractivity contribution is 7.89. The molecule has 0 amide bonds. The molecule has 6 heteroatoms. The van der Waals surface area contributed by atoms with Gasteiger partial charge >= 0.3 is 5.97 Å². The number of carboxylic acid groups (broad SMARTS) is 1. The molecule has 1 fully saturated rings. The van der Waals surface area contributed by atoms with Crippen LogP contribution in [0.5, 0.6) is 0 Å². The van der Waals surface area contributed by atoms with Gasteiger partial charge in [0.1, 0.15) is 6.04 Å². The SMILES string of the molecule is CC(C)(C)C(NS(=O)(=O)CC1CCCCC1)C(=O)O. The molecule has 1 rings (SSSR count). The predicted molar refractivity (Wildman–Crippen MR) is 74.4 cm³/mol. The lowest BCUT2D eigenvalue weighted by Crippen LogP contribution is -2.50. The van der Waals surface area contributed by atoms with Crippen molar-refractivity contribution in [3.63, 3.8) is 0 Å². The Bertz CT molecular complexity index is 405. The van der Waals surface area contributed by atoms with Crippen LogP contribution in [-0.2, 0) is 14.8 Å². The van der Waals surface area contributed by atoms with Crippen molar-refractivity contribution in [2.24, 2.45) is 11.3 Å². The van der Waals surface area contributed by atoms with Crippen LogP contribution in [0.1, 0.15) is 52.9 Å². The van der Waals surface area contributed by atoms with Crippen LogP contribution >= 0.6 is 0 Å². The monoisotopic (exact) mass is 291 g/mol. The summed E-state index contributed by atoms with van der Waals surface area (Å²) in [5, 5.41) is 9.15. The molecule has 0 aromatic rings. The van der Waals surface area contributed by atoms with Gasteiger partial charge in [-0.2, -0.15) is 0 Å². The number of rotatable bonds is 5. The number of hydrogen-bond acceptors (Lipinski definition) is 3. The van der Waals surface area contributed by atoms with Crippen LogP contribution in [-0.4, -0.2) is 31.3 Å². The highest BCUT2D eigenvalue weighted by Gasteiger charge is 2.35. The Hall–Kier alpha value is -0.620. The number of hydrogen-bond donors (Lipinski definition) is 2. The topological polar surface area (TPSA) is 83.5 Å². The average Bonchev–Trinajstić information content (AvgIpc) is 2.25. The fourth-order valence-corrected chi connectivity index (χ4v) is 4.35. The van der Waals surface area contributed by atoms with Crippen molar-refractivity contribution >= 4 is 16.0 Å². The minimum Gasteiger partial charge on any atom is -0.480 e. The van der Waals surface area contributed by atoms with E-state index in [0.717, 1.165) is 25.7 Å². The third-order valence-electron chi connectivity index (χ3n) is 3.59. The van der Waals surface area contributed by atoms with Crippen LogP contribution in [0.2, 0.25) is 0 Å². The molecular formula is C13H25NO4S. The molecule has 0 radical (unpaired) electrons. The standard InChI is InChI=1S/C13H25NO4S/c1-13(2,3)11(12(15)16)14-19(17,18)9-10-7-5-4-6-8-10/h10-11,14H,4-9H2,1-3H3,(H,15,16). The molecule has 5 nitrogen and oxygen atoms in total. The van der Waals surface area contributed by atoms with E-state index in [-0.39, 0.29) is 11.7 Å². The first kappa shape index (κ1) is 16.4. The first-order valence-corrected chi connectivity index (χ1v) is 8.50. The summed E-state index contributed by atoms with van der Waals surface area (Å²) in [6.07, 6.45) is 5.16. The molecule has 0 heterocycles. The molecule has 1 aliphatic carbocycles. The maximum absolute atomic E-state index is 12.1. The van der Waals surface area contributed by atoms with Gasteiger partial charge in [0.15, 0.2) is 0 Å². The molecule has 0 aromatic carbocycles. The van der Waals surface area contributed by atoms with Crippen molar-refractivity contribution in [1.82, 2.24) is 4.72 Å². The molecule has 0 saturated heterocycles. The van der Waals surface area contributed by atoms with Gasteiger partial charge in [-0.1, -0.05) is 40.0 Å². The Morgan fingerprint density at radius 2 is 1.79 bits per heavy atom. The Morgan fingerprint density at radius 1 is 1.26 bits per heavy atom. The molecule has 1 saturated carbocycles. The van der Waals surface area contributed by atoms with Crippen LogP contribution in [0.25, 0.3) is 0 Å². The summed E-state index contributed by atoms with van der Waals surface area (Å²) in [5.41, 5.74) is -0.647. The Kier molecular flexibility index (Phi) is 5.38. The molecule has 1 unspecified atom stereocenters. The van der Waals surface area contributed by atoms with Gasteiger partial charge in [-0.3, -0.25) is 4.79 Å². The van der Waals surface area contributed by atoms with E-state index in [1.165, 1.54) is 6.42 Å². The van der Waals surface area contributed by atoms with Crippen LogP contribution in [0, 0.1) is 11.3 Å². The smallest absolute Gasteiger partial charge is 0.322 e. The summed E-state index contributed by atoms with van der Waals surface area (Å²) in [4.78, 5) is 11.2. The average molecular weight is 291 g/mol. The van der Waals surface area contributed by atoms with Crippen LogP contribution < -0.4 is 4.72 Å². The van der Waals surface area contributed by atoms with Gasteiger partial charge in [0.2, 0.25) is 10.0 Å². The summed E-state index contributed by atoms with van der Waals surface area (Å²) in [6.45, 7) is 5.15. The van der Waals surface area contributed by atoms with E-state index < -0.39 is 27.4 Å². The second kappa shape index (κ2) is 6.22. The summed E-state index contributed by atoms with van der Waals surface area (Å²) >= 11 is 0. The highest BCUT2D eigenvalue weighted by atomic mass is 32.2. The quantitative estimate of drug-likeness (QED) is 0.811. The van der Waals surface area contributed by atoms with E-state index in [2.05, 4.69) is 4.72 Å².